The molecule has 0 aliphatic heterocycles. The third kappa shape index (κ3) is 3.89. The highest BCUT2D eigenvalue weighted by atomic mass is 16.4. The van der Waals surface area contributed by atoms with Crippen LogP contribution in [0.5, 0.6) is 0 Å². The summed E-state index contributed by atoms with van der Waals surface area (Å²) >= 11 is 0. The number of hydrogen-bond donors (Lipinski definition) is 1. The first-order valence-electron chi connectivity index (χ1n) is 16.3. The molecule has 1 aromatic carbocycles. The fraction of sp³-hybridized carbons (Fsp3) is 0.639. The van der Waals surface area contributed by atoms with Crippen LogP contribution in [0.4, 0.5) is 0 Å². The topological polar surface area (TPSA) is 70.5 Å². The molecule has 10 rings (SSSR count). The monoisotopic (exact) mass is 552 g/mol. The van der Waals surface area contributed by atoms with Crippen molar-refractivity contribution in [3.05, 3.63) is 52.3 Å². The number of carbonyl (C=O) groups excluding carboxylic acids is 1. The van der Waals surface area contributed by atoms with Gasteiger partial charge in [-0.3, -0.25) is 9.78 Å². The lowest BCUT2D eigenvalue weighted by Crippen LogP contribution is -2.71. The summed E-state index contributed by atoms with van der Waals surface area (Å²) in [6.45, 7) is 5.75. The molecule has 0 unspecified atom stereocenters. The second-order valence-corrected chi connectivity index (χ2v) is 15.5. The number of amides is 1. The maximum Gasteiger partial charge on any atom is 0.338 e. The number of carbonyl (C=O) groups is 2. The van der Waals surface area contributed by atoms with Crippen LogP contribution in [0.3, 0.4) is 0 Å². The van der Waals surface area contributed by atoms with Gasteiger partial charge in [0.05, 0.1) is 22.5 Å². The van der Waals surface area contributed by atoms with Crippen molar-refractivity contribution in [3.8, 4) is 11.1 Å². The van der Waals surface area contributed by atoms with Gasteiger partial charge >= 0.3 is 5.97 Å². The SMILES string of the molecule is Cc1ccc(-c2c(C(=O)O)c(C)nc(C)c2C(=O)N(C23CC4CC(CC(C4)C2)C3)C23CC4CC(CC(C4)C2)C3)cc1. The molecule has 5 heteroatoms. The number of hydrogen-bond acceptors (Lipinski definition) is 3. The number of aromatic carboxylic acids is 1. The zero-order valence-electron chi connectivity index (χ0n) is 24.9. The molecule has 1 N–H and O–H groups in total. The molecule has 5 nitrogen and oxygen atoms in total. The minimum atomic E-state index is -1.00. The zero-order valence-corrected chi connectivity index (χ0v) is 24.9. The maximum atomic E-state index is 15.6. The third-order valence-corrected chi connectivity index (χ3v) is 12.5. The van der Waals surface area contributed by atoms with Gasteiger partial charge in [-0.05, 0) is 139 Å². The molecule has 1 amide bonds. The molecule has 41 heavy (non-hydrogen) atoms. The van der Waals surface area contributed by atoms with Gasteiger partial charge in [0.25, 0.3) is 5.91 Å². The van der Waals surface area contributed by atoms with Gasteiger partial charge in [-0.25, -0.2) is 4.79 Å². The first kappa shape index (κ1) is 26.0. The highest BCUT2D eigenvalue weighted by Gasteiger charge is 2.63. The van der Waals surface area contributed by atoms with E-state index >= 15 is 4.79 Å². The van der Waals surface area contributed by atoms with Crippen molar-refractivity contribution in [1.29, 1.82) is 0 Å². The van der Waals surface area contributed by atoms with Gasteiger partial charge in [0.15, 0.2) is 0 Å². The van der Waals surface area contributed by atoms with Crippen LogP contribution in [0.15, 0.2) is 24.3 Å². The number of carboxylic acids is 1. The lowest BCUT2D eigenvalue weighted by atomic mass is 9.48. The summed E-state index contributed by atoms with van der Waals surface area (Å²) in [7, 11) is 0. The number of rotatable bonds is 5. The molecule has 8 bridgehead atoms. The van der Waals surface area contributed by atoms with Gasteiger partial charge in [-0.2, -0.15) is 0 Å². The molecule has 8 saturated carbocycles. The number of aryl methyl sites for hydroxylation is 3. The lowest BCUT2D eigenvalue weighted by molar-refractivity contribution is -0.156. The molecule has 8 fully saturated rings. The quantitative estimate of drug-likeness (QED) is 0.412. The number of aromatic nitrogens is 1. The van der Waals surface area contributed by atoms with Crippen molar-refractivity contribution in [2.45, 2.75) is 109 Å². The van der Waals surface area contributed by atoms with Crippen LogP contribution in [0.25, 0.3) is 11.1 Å². The molecule has 1 heterocycles. The van der Waals surface area contributed by atoms with Crippen LogP contribution in [0.1, 0.15) is 115 Å². The van der Waals surface area contributed by atoms with E-state index in [0.29, 0.717) is 22.5 Å². The molecule has 0 spiro atoms. The van der Waals surface area contributed by atoms with Crippen molar-refractivity contribution >= 4 is 11.9 Å². The Labute approximate surface area is 244 Å². The summed E-state index contributed by atoms with van der Waals surface area (Å²) in [6.07, 6.45) is 14.8. The van der Waals surface area contributed by atoms with E-state index < -0.39 is 5.97 Å². The molecule has 0 saturated heterocycles. The van der Waals surface area contributed by atoms with E-state index in [9.17, 15) is 9.90 Å². The molecular weight excluding hydrogens is 508 g/mol. The Bertz CT molecular complexity index is 1330. The second-order valence-electron chi connectivity index (χ2n) is 15.5. The minimum Gasteiger partial charge on any atom is -0.478 e. The van der Waals surface area contributed by atoms with Gasteiger partial charge in [-0.15, -0.1) is 0 Å². The summed E-state index contributed by atoms with van der Waals surface area (Å²) in [5.74, 6) is 3.46. The zero-order chi connectivity index (χ0) is 28.3. The Morgan fingerprint density at radius 2 is 1.07 bits per heavy atom. The van der Waals surface area contributed by atoms with Gasteiger partial charge in [0, 0.05) is 16.6 Å². The van der Waals surface area contributed by atoms with Crippen molar-refractivity contribution in [1.82, 2.24) is 9.88 Å². The third-order valence-electron chi connectivity index (χ3n) is 12.5. The fourth-order valence-corrected chi connectivity index (χ4v) is 12.1. The average molecular weight is 553 g/mol. The van der Waals surface area contributed by atoms with Crippen LogP contribution in [-0.4, -0.2) is 37.9 Å². The van der Waals surface area contributed by atoms with Crippen molar-refractivity contribution in [2.24, 2.45) is 35.5 Å². The summed E-state index contributed by atoms with van der Waals surface area (Å²) in [4.78, 5) is 35.7. The predicted molar refractivity (Wildman–Crippen MR) is 159 cm³/mol. The average Bonchev–Trinajstić information content (AvgIpc) is 2.86. The summed E-state index contributed by atoms with van der Waals surface area (Å²) < 4.78 is 0. The van der Waals surface area contributed by atoms with Gasteiger partial charge in [0.2, 0.25) is 0 Å². The van der Waals surface area contributed by atoms with E-state index in [0.717, 1.165) is 85.2 Å². The highest BCUT2D eigenvalue weighted by molar-refractivity contribution is 6.09. The molecule has 2 aromatic rings. The molecule has 0 radical (unpaired) electrons. The van der Waals surface area contributed by atoms with E-state index in [1.807, 2.05) is 38.1 Å². The first-order valence-corrected chi connectivity index (χ1v) is 16.3. The Hall–Kier alpha value is -2.69. The maximum absolute atomic E-state index is 15.6. The molecular formula is C36H44N2O3. The fourth-order valence-electron chi connectivity index (χ4n) is 12.1. The van der Waals surface area contributed by atoms with Crippen LogP contribution < -0.4 is 0 Å². The standard InChI is InChI=1S/C36H44N2O3/c1-20-4-6-29(7-5-20)32-30(21(2)37-22(3)31(32)34(40)41)33(39)38(35-14-23-8-24(15-35)10-25(9-23)16-35)36-17-26-11-27(18-36)13-28(12-26)19-36/h4-7,23-28H,8-19H2,1-3H3,(H,40,41). The van der Waals surface area contributed by atoms with Crippen LogP contribution in [-0.2, 0) is 0 Å². The van der Waals surface area contributed by atoms with E-state index in [2.05, 4.69) is 4.90 Å². The normalized spacial score (nSPS) is 37.9. The number of pyridine rings is 1. The van der Waals surface area contributed by atoms with E-state index in [1.54, 1.807) is 6.92 Å². The Morgan fingerprint density at radius 1 is 0.683 bits per heavy atom. The number of nitrogens with zero attached hydrogens (tertiary/aromatic N) is 2. The minimum absolute atomic E-state index is 0.0805. The molecule has 0 atom stereocenters. The van der Waals surface area contributed by atoms with E-state index in [1.165, 1.54) is 38.5 Å². The molecule has 1 aromatic heterocycles. The Kier molecular flexibility index (Phi) is 5.64. The summed E-state index contributed by atoms with van der Waals surface area (Å²) in [5, 5.41) is 10.5. The van der Waals surface area contributed by atoms with Crippen molar-refractivity contribution < 1.29 is 14.7 Å². The Morgan fingerprint density at radius 3 is 1.46 bits per heavy atom. The summed E-state index contributed by atoms with van der Waals surface area (Å²) in [5.41, 5.74) is 4.19. The second kappa shape index (κ2) is 8.91. The molecule has 216 valence electrons. The van der Waals surface area contributed by atoms with Gasteiger partial charge in [-0.1, -0.05) is 29.8 Å². The largest absolute Gasteiger partial charge is 0.478 e. The summed E-state index contributed by atoms with van der Waals surface area (Å²) in [6, 6.07) is 8.03. The smallest absolute Gasteiger partial charge is 0.338 e. The van der Waals surface area contributed by atoms with Crippen LogP contribution >= 0.6 is 0 Å². The van der Waals surface area contributed by atoms with Crippen LogP contribution in [0.2, 0.25) is 0 Å². The number of carboxylic acid groups (broad SMARTS) is 1. The first-order chi connectivity index (χ1) is 19.6. The lowest BCUT2D eigenvalue weighted by Gasteiger charge is -2.69. The molecule has 8 aliphatic carbocycles. The van der Waals surface area contributed by atoms with Crippen molar-refractivity contribution in [3.63, 3.8) is 0 Å². The van der Waals surface area contributed by atoms with Crippen LogP contribution in [0, 0.1) is 56.3 Å². The van der Waals surface area contributed by atoms with E-state index in [-0.39, 0.29) is 22.5 Å². The van der Waals surface area contributed by atoms with Gasteiger partial charge in [0.1, 0.15) is 0 Å². The highest BCUT2D eigenvalue weighted by Crippen LogP contribution is 2.64. The van der Waals surface area contributed by atoms with Gasteiger partial charge < -0.3 is 10.0 Å². The molecule has 8 aliphatic rings. The number of benzene rings is 1. The predicted octanol–water partition coefficient (Wildman–Crippen LogP) is 7.75. The van der Waals surface area contributed by atoms with E-state index in [4.69, 9.17) is 4.98 Å². The van der Waals surface area contributed by atoms with Crippen molar-refractivity contribution in [2.75, 3.05) is 0 Å². The Balaban J connectivity index is 1.35.